The molecule has 1 heterocycles. The van der Waals surface area contributed by atoms with E-state index in [4.69, 9.17) is 9.16 Å². The second-order valence-corrected chi connectivity index (χ2v) is 13.3. The SMILES string of the molecule is COc1cc(N2CCC(O[Si](C)(C)C(C)(C)C)C(C)C2)c(F)cc1F. The lowest BCUT2D eigenvalue weighted by molar-refractivity contribution is 0.106. The maximum Gasteiger partial charge on any atom is 0.192 e. The van der Waals surface area contributed by atoms with Gasteiger partial charge < -0.3 is 14.1 Å². The minimum atomic E-state index is -1.83. The average molecular weight is 372 g/mol. The summed E-state index contributed by atoms with van der Waals surface area (Å²) in [6, 6.07) is 2.35. The van der Waals surface area contributed by atoms with Gasteiger partial charge in [0.25, 0.3) is 0 Å². The first-order valence-electron chi connectivity index (χ1n) is 8.92. The van der Waals surface area contributed by atoms with Gasteiger partial charge in [0.2, 0.25) is 0 Å². The van der Waals surface area contributed by atoms with Crippen molar-refractivity contribution in [3.63, 3.8) is 0 Å². The third-order valence-electron chi connectivity index (χ3n) is 5.64. The van der Waals surface area contributed by atoms with Crippen LogP contribution >= 0.6 is 0 Å². The maximum absolute atomic E-state index is 14.2. The molecule has 1 aromatic rings. The van der Waals surface area contributed by atoms with Gasteiger partial charge in [0, 0.05) is 25.2 Å². The van der Waals surface area contributed by atoms with Gasteiger partial charge >= 0.3 is 0 Å². The van der Waals surface area contributed by atoms with E-state index in [1.165, 1.54) is 13.2 Å². The molecule has 0 amide bonds. The van der Waals surface area contributed by atoms with Crippen molar-refractivity contribution in [2.75, 3.05) is 25.1 Å². The van der Waals surface area contributed by atoms with Crippen LogP contribution in [0.25, 0.3) is 0 Å². The lowest BCUT2D eigenvalue weighted by atomic mass is 9.96. The Labute approximate surface area is 151 Å². The van der Waals surface area contributed by atoms with Crippen molar-refractivity contribution < 1.29 is 17.9 Å². The predicted molar refractivity (Wildman–Crippen MR) is 101 cm³/mol. The van der Waals surface area contributed by atoms with Crippen LogP contribution in [0.1, 0.15) is 34.1 Å². The molecule has 3 nitrogen and oxygen atoms in total. The zero-order valence-corrected chi connectivity index (χ0v) is 17.5. The maximum atomic E-state index is 14.2. The van der Waals surface area contributed by atoms with Crippen molar-refractivity contribution >= 4 is 14.0 Å². The van der Waals surface area contributed by atoms with Gasteiger partial charge in [0.05, 0.1) is 18.9 Å². The topological polar surface area (TPSA) is 21.7 Å². The van der Waals surface area contributed by atoms with E-state index in [9.17, 15) is 8.78 Å². The van der Waals surface area contributed by atoms with E-state index < -0.39 is 20.0 Å². The first-order chi connectivity index (χ1) is 11.5. The summed E-state index contributed by atoms with van der Waals surface area (Å²) in [5.41, 5.74) is 0.399. The molecular formula is C19H31F2NO2Si. The largest absolute Gasteiger partial charge is 0.494 e. The Morgan fingerprint density at radius 1 is 1.16 bits per heavy atom. The van der Waals surface area contributed by atoms with Gasteiger partial charge in [0.1, 0.15) is 5.82 Å². The highest BCUT2D eigenvalue weighted by atomic mass is 28.4. The van der Waals surface area contributed by atoms with Crippen LogP contribution in [0.3, 0.4) is 0 Å². The lowest BCUT2D eigenvalue weighted by Crippen LogP contribution is -2.50. The van der Waals surface area contributed by atoms with Crippen molar-refractivity contribution in [3.8, 4) is 5.75 Å². The summed E-state index contributed by atoms with van der Waals surface area (Å²) >= 11 is 0. The average Bonchev–Trinajstić information content (AvgIpc) is 2.48. The van der Waals surface area contributed by atoms with E-state index in [0.717, 1.165) is 12.5 Å². The molecule has 2 atom stereocenters. The van der Waals surface area contributed by atoms with E-state index in [1.54, 1.807) is 0 Å². The van der Waals surface area contributed by atoms with Gasteiger partial charge in [0.15, 0.2) is 19.9 Å². The first kappa shape index (κ1) is 20.2. The Kier molecular flexibility index (Phi) is 5.84. The van der Waals surface area contributed by atoms with Crippen LogP contribution in [0.4, 0.5) is 14.5 Å². The number of hydrogen-bond donors (Lipinski definition) is 0. The van der Waals surface area contributed by atoms with Gasteiger partial charge in [-0.3, -0.25) is 0 Å². The summed E-state index contributed by atoms with van der Waals surface area (Å²) in [6.45, 7) is 14.7. The summed E-state index contributed by atoms with van der Waals surface area (Å²) in [7, 11) is -0.440. The fourth-order valence-corrected chi connectivity index (χ4v) is 4.45. The normalized spacial score (nSPS) is 22.2. The van der Waals surface area contributed by atoms with Crippen molar-refractivity contribution in [2.24, 2.45) is 5.92 Å². The quantitative estimate of drug-likeness (QED) is 0.678. The first-order valence-corrected chi connectivity index (χ1v) is 11.8. The number of nitrogens with zero attached hydrogens (tertiary/aromatic N) is 1. The molecule has 0 aliphatic carbocycles. The molecule has 0 N–H and O–H groups in total. The van der Waals surface area contributed by atoms with Gasteiger partial charge in [-0.1, -0.05) is 27.7 Å². The fraction of sp³-hybridized carbons (Fsp3) is 0.684. The van der Waals surface area contributed by atoms with E-state index in [2.05, 4.69) is 40.8 Å². The standard InChI is InChI=1S/C19H31F2NO2Si/c1-13-12-22(16-11-18(23-5)15(21)10-14(16)20)9-8-17(13)24-25(6,7)19(2,3)4/h10-11,13,17H,8-9,12H2,1-7H3. The molecule has 1 fully saturated rings. The third kappa shape index (κ3) is 4.34. The summed E-state index contributed by atoms with van der Waals surface area (Å²) in [6.07, 6.45) is 1.02. The molecule has 0 saturated carbocycles. The molecule has 0 spiro atoms. The van der Waals surface area contributed by atoms with Gasteiger partial charge in [-0.15, -0.1) is 0 Å². The van der Waals surface area contributed by atoms with E-state index >= 15 is 0 Å². The Morgan fingerprint density at radius 3 is 2.32 bits per heavy atom. The Balaban J connectivity index is 2.12. The van der Waals surface area contributed by atoms with Crippen LogP contribution in [0.15, 0.2) is 12.1 Å². The zero-order chi connectivity index (χ0) is 19.0. The molecule has 2 unspecified atom stereocenters. The van der Waals surface area contributed by atoms with E-state index in [1.807, 2.05) is 4.90 Å². The Bertz CT molecular complexity index is 616. The number of piperidine rings is 1. The minimum absolute atomic E-state index is 0.0729. The summed E-state index contributed by atoms with van der Waals surface area (Å²) < 4.78 is 39.4. The van der Waals surface area contributed by atoms with Crippen molar-refractivity contribution in [1.82, 2.24) is 0 Å². The fourth-order valence-electron chi connectivity index (χ4n) is 2.99. The number of halogens is 2. The third-order valence-corrected chi connectivity index (χ3v) is 10.1. The smallest absolute Gasteiger partial charge is 0.192 e. The Hall–Kier alpha value is -1.14. The van der Waals surface area contributed by atoms with Gasteiger partial charge in [-0.2, -0.15) is 0 Å². The zero-order valence-electron chi connectivity index (χ0n) is 16.5. The van der Waals surface area contributed by atoms with Gasteiger partial charge in [-0.25, -0.2) is 8.78 Å². The molecule has 6 heteroatoms. The molecule has 0 bridgehead atoms. The second kappa shape index (κ2) is 7.23. The highest BCUT2D eigenvalue weighted by Crippen LogP contribution is 2.40. The number of benzene rings is 1. The molecule has 25 heavy (non-hydrogen) atoms. The lowest BCUT2D eigenvalue weighted by Gasteiger charge is -2.45. The van der Waals surface area contributed by atoms with Crippen molar-refractivity contribution in [2.45, 2.75) is 58.4 Å². The number of methoxy groups -OCH3 is 1. The van der Waals surface area contributed by atoms with Crippen LogP contribution in [-0.4, -0.2) is 34.6 Å². The van der Waals surface area contributed by atoms with Crippen molar-refractivity contribution in [1.29, 1.82) is 0 Å². The molecule has 0 aromatic heterocycles. The molecule has 0 radical (unpaired) electrons. The second-order valence-electron chi connectivity index (χ2n) is 8.57. The number of ether oxygens (including phenoxy) is 1. The van der Waals surface area contributed by atoms with Gasteiger partial charge in [-0.05, 0) is 30.5 Å². The highest BCUT2D eigenvalue weighted by molar-refractivity contribution is 6.74. The molecule has 2 rings (SSSR count). The molecule has 1 aliphatic heterocycles. The number of anilines is 1. The van der Waals surface area contributed by atoms with Crippen LogP contribution in [-0.2, 0) is 4.43 Å². The van der Waals surface area contributed by atoms with Crippen LogP contribution in [0.5, 0.6) is 5.75 Å². The van der Waals surface area contributed by atoms with E-state index in [0.29, 0.717) is 18.8 Å². The summed E-state index contributed by atoms with van der Waals surface area (Å²) in [5.74, 6) is -0.871. The number of rotatable bonds is 4. The summed E-state index contributed by atoms with van der Waals surface area (Å²) in [5, 5.41) is 0.167. The molecule has 142 valence electrons. The van der Waals surface area contributed by atoms with Crippen LogP contribution in [0.2, 0.25) is 18.1 Å². The summed E-state index contributed by atoms with van der Waals surface area (Å²) in [4.78, 5) is 1.97. The van der Waals surface area contributed by atoms with E-state index in [-0.39, 0.29) is 22.8 Å². The highest BCUT2D eigenvalue weighted by Gasteiger charge is 2.41. The minimum Gasteiger partial charge on any atom is -0.494 e. The van der Waals surface area contributed by atoms with Crippen LogP contribution in [0, 0.1) is 17.6 Å². The molecule has 1 aromatic carbocycles. The van der Waals surface area contributed by atoms with Crippen molar-refractivity contribution in [3.05, 3.63) is 23.8 Å². The molecule has 1 aliphatic rings. The Morgan fingerprint density at radius 2 is 1.80 bits per heavy atom. The predicted octanol–water partition coefficient (Wildman–Crippen LogP) is 5.21. The molecular weight excluding hydrogens is 340 g/mol. The van der Waals surface area contributed by atoms with Crippen LogP contribution < -0.4 is 9.64 Å². The monoisotopic (exact) mass is 371 g/mol. The number of hydrogen-bond acceptors (Lipinski definition) is 3. The molecule has 1 saturated heterocycles.